The van der Waals surface area contributed by atoms with E-state index >= 15 is 0 Å². The number of benzene rings is 1. The Morgan fingerprint density at radius 3 is 2.50 bits per heavy atom. The van der Waals surface area contributed by atoms with Crippen LogP contribution in [0.4, 0.5) is 5.00 Å². The smallest absolute Gasteiger partial charge is 0.257 e. The lowest BCUT2D eigenvalue weighted by Crippen LogP contribution is -2.36. The number of carbonyl (C=O) groups is 2. The molecule has 6 nitrogen and oxygen atoms in total. The van der Waals surface area contributed by atoms with E-state index < -0.39 is 0 Å². The molecule has 0 fully saturated rings. The number of aliphatic hydroxyl groups is 2. The molecule has 1 aromatic carbocycles. The third-order valence-electron chi connectivity index (χ3n) is 5.02. The van der Waals surface area contributed by atoms with Crippen molar-refractivity contribution < 1.29 is 19.8 Å². The van der Waals surface area contributed by atoms with Gasteiger partial charge in [-0.3, -0.25) is 9.59 Å². The van der Waals surface area contributed by atoms with E-state index in [1.807, 2.05) is 6.07 Å². The first-order valence-corrected chi connectivity index (χ1v) is 10.4. The molecular formula is C21H26N2O4S. The molecule has 1 heterocycles. The number of thiophene rings is 1. The van der Waals surface area contributed by atoms with Gasteiger partial charge in [-0.15, -0.1) is 11.3 Å². The number of anilines is 1. The zero-order valence-electron chi connectivity index (χ0n) is 16.0. The second-order valence-corrected chi connectivity index (χ2v) is 8.22. The van der Waals surface area contributed by atoms with E-state index in [0.717, 1.165) is 29.7 Å². The van der Waals surface area contributed by atoms with Crippen LogP contribution in [0.15, 0.2) is 30.3 Å². The number of hydrogen-bond donors (Lipinski definition) is 3. The van der Waals surface area contributed by atoms with Gasteiger partial charge in [0.15, 0.2) is 0 Å². The summed E-state index contributed by atoms with van der Waals surface area (Å²) in [5, 5.41) is 22.1. The molecule has 1 aromatic heterocycles. The Hall–Kier alpha value is -2.22. The number of nitrogens with zero attached hydrogens (tertiary/aromatic N) is 1. The second-order valence-electron chi connectivity index (χ2n) is 7.12. The molecule has 7 heteroatoms. The molecule has 1 aliphatic rings. The van der Waals surface area contributed by atoms with Crippen molar-refractivity contribution >= 4 is 28.2 Å². The van der Waals surface area contributed by atoms with Gasteiger partial charge in [0.25, 0.3) is 11.8 Å². The van der Waals surface area contributed by atoms with Crippen molar-refractivity contribution in [1.82, 2.24) is 4.90 Å². The maximum absolute atomic E-state index is 13.2. The van der Waals surface area contributed by atoms with Crippen LogP contribution >= 0.6 is 11.3 Å². The Labute approximate surface area is 168 Å². The van der Waals surface area contributed by atoms with Gasteiger partial charge in [-0.25, -0.2) is 0 Å². The molecule has 2 amide bonds. The van der Waals surface area contributed by atoms with Gasteiger partial charge in [0, 0.05) is 23.5 Å². The van der Waals surface area contributed by atoms with E-state index in [1.165, 1.54) is 16.2 Å². The van der Waals surface area contributed by atoms with Crippen LogP contribution < -0.4 is 5.32 Å². The zero-order valence-corrected chi connectivity index (χ0v) is 16.8. The first-order valence-electron chi connectivity index (χ1n) is 9.57. The molecular weight excluding hydrogens is 376 g/mol. The van der Waals surface area contributed by atoms with Gasteiger partial charge < -0.3 is 20.4 Å². The van der Waals surface area contributed by atoms with E-state index in [-0.39, 0.29) is 38.1 Å². The lowest BCUT2D eigenvalue weighted by atomic mass is 9.88. The van der Waals surface area contributed by atoms with Gasteiger partial charge in [0.2, 0.25) is 0 Å². The Bertz CT molecular complexity index is 828. The highest BCUT2D eigenvalue weighted by Crippen LogP contribution is 2.40. The topological polar surface area (TPSA) is 89.9 Å². The minimum atomic E-state index is -0.253. The molecule has 0 aliphatic heterocycles. The zero-order chi connectivity index (χ0) is 20.1. The third-order valence-corrected chi connectivity index (χ3v) is 6.19. The summed E-state index contributed by atoms with van der Waals surface area (Å²) in [7, 11) is 0. The first kappa shape index (κ1) is 20.5. The molecule has 0 saturated heterocycles. The highest BCUT2D eigenvalue weighted by atomic mass is 32.1. The third kappa shape index (κ3) is 4.43. The van der Waals surface area contributed by atoms with Crippen LogP contribution in [-0.4, -0.2) is 53.2 Å². The van der Waals surface area contributed by atoms with Gasteiger partial charge in [0.1, 0.15) is 5.00 Å². The molecule has 0 radical (unpaired) electrons. The normalized spacial score (nSPS) is 15.8. The SMILES string of the molecule is C[C@@H]1CCc2c(sc(NC(=O)c3ccccc3)c2C(=O)N(CCO)CCO)C1. The van der Waals surface area contributed by atoms with Crippen LogP contribution in [0.5, 0.6) is 0 Å². The predicted octanol–water partition coefficient (Wildman–Crippen LogP) is 2.55. The summed E-state index contributed by atoms with van der Waals surface area (Å²) in [6, 6.07) is 8.91. The monoisotopic (exact) mass is 402 g/mol. The maximum Gasteiger partial charge on any atom is 0.257 e. The van der Waals surface area contributed by atoms with Gasteiger partial charge in [-0.05, 0) is 42.9 Å². The van der Waals surface area contributed by atoms with Gasteiger partial charge in [-0.2, -0.15) is 0 Å². The molecule has 0 unspecified atom stereocenters. The summed E-state index contributed by atoms with van der Waals surface area (Å²) in [6.45, 7) is 2.12. The van der Waals surface area contributed by atoms with E-state index in [2.05, 4.69) is 12.2 Å². The lowest BCUT2D eigenvalue weighted by molar-refractivity contribution is 0.0685. The van der Waals surface area contributed by atoms with Crippen molar-refractivity contribution in [3.63, 3.8) is 0 Å². The lowest BCUT2D eigenvalue weighted by Gasteiger charge is -2.23. The number of fused-ring (bicyclic) bond motifs is 1. The first-order chi connectivity index (χ1) is 13.5. The maximum atomic E-state index is 13.2. The fourth-order valence-electron chi connectivity index (χ4n) is 3.54. The molecule has 1 atom stereocenters. The summed E-state index contributed by atoms with van der Waals surface area (Å²) < 4.78 is 0. The summed E-state index contributed by atoms with van der Waals surface area (Å²) in [5.74, 6) is 0.0356. The van der Waals surface area contributed by atoms with Gasteiger partial charge in [0.05, 0.1) is 18.8 Å². The summed E-state index contributed by atoms with van der Waals surface area (Å²) in [5.41, 5.74) is 2.04. The Morgan fingerprint density at radius 2 is 1.86 bits per heavy atom. The van der Waals surface area contributed by atoms with E-state index in [0.29, 0.717) is 22.0 Å². The predicted molar refractivity (Wildman–Crippen MR) is 110 cm³/mol. The molecule has 0 bridgehead atoms. The Morgan fingerprint density at radius 1 is 1.18 bits per heavy atom. The highest BCUT2D eigenvalue weighted by Gasteiger charge is 2.30. The van der Waals surface area contributed by atoms with Crippen LogP contribution in [0.1, 0.15) is 44.5 Å². The largest absolute Gasteiger partial charge is 0.395 e. The molecule has 0 saturated carbocycles. The summed E-state index contributed by atoms with van der Waals surface area (Å²) >= 11 is 1.47. The van der Waals surface area contributed by atoms with E-state index in [4.69, 9.17) is 0 Å². The molecule has 1 aliphatic carbocycles. The fourth-order valence-corrected chi connectivity index (χ4v) is 4.94. The average Bonchev–Trinajstić information content (AvgIpc) is 3.04. The fraction of sp³-hybridized carbons (Fsp3) is 0.429. The number of aliphatic hydroxyl groups excluding tert-OH is 2. The molecule has 3 rings (SSSR count). The standard InChI is InChI=1S/C21H26N2O4S/c1-14-7-8-16-17(13-14)28-20(22-19(26)15-5-3-2-4-6-15)18(16)21(27)23(9-11-24)10-12-25/h2-6,14,24-25H,7-13H2,1H3,(H,22,26)/t14-/m1/s1. The number of amides is 2. The number of hydrogen-bond acceptors (Lipinski definition) is 5. The Kier molecular flexibility index (Phi) is 6.83. The van der Waals surface area contributed by atoms with Crippen molar-refractivity contribution in [1.29, 1.82) is 0 Å². The number of nitrogens with one attached hydrogen (secondary N) is 1. The van der Waals surface area contributed by atoms with Crippen molar-refractivity contribution in [3.8, 4) is 0 Å². The van der Waals surface area contributed by atoms with Crippen LogP contribution in [0.25, 0.3) is 0 Å². The quantitative estimate of drug-likeness (QED) is 0.664. The van der Waals surface area contributed by atoms with Gasteiger partial charge in [-0.1, -0.05) is 25.1 Å². The van der Waals surface area contributed by atoms with Crippen molar-refractivity contribution in [2.45, 2.75) is 26.2 Å². The minimum absolute atomic E-state index is 0.145. The van der Waals surface area contributed by atoms with Crippen molar-refractivity contribution in [2.75, 3.05) is 31.6 Å². The highest BCUT2D eigenvalue weighted by molar-refractivity contribution is 7.17. The molecule has 2 aromatic rings. The van der Waals surface area contributed by atoms with Crippen LogP contribution in [-0.2, 0) is 12.8 Å². The average molecular weight is 403 g/mol. The number of rotatable bonds is 7. The summed E-state index contributed by atoms with van der Waals surface area (Å²) in [4.78, 5) is 28.5. The van der Waals surface area contributed by atoms with Crippen LogP contribution in [0, 0.1) is 5.92 Å². The van der Waals surface area contributed by atoms with E-state index in [9.17, 15) is 19.8 Å². The van der Waals surface area contributed by atoms with Gasteiger partial charge >= 0.3 is 0 Å². The molecule has 150 valence electrons. The van der Waals surface area contributed by atoms with Crippen LogP contribution in [0.2, 0.25) is 0 Å². The van der Waals surface area contributed by atoms with E-state index in [1.54, 1.807) is 24.3 Å². The van der Waals surface area contributed by atoms with Crippen molar-refractivity contribution in [2.24, 2.45) is 5.92 Å². The Balaban J connectivity index is 1.97. The van der Waals surface area contributed by atoms with Crippen molar-refractivity contribution in [3.05, 3.63) is 51.9 Å². The minimum Gasteiger partial charge on any atom is -0.395 e. The summed E-state index contributed by atoms with van der Waals surface area (Å²) in [6.07, 6.45) is 2.68. The van der Waals surface area contributed by atoms with Crippen LogP contribution in [0.3, 0.4) is 0 Å². The molecule has 0 spiro atoms. The molecule has 3 N–H and O–H groups in total. The molecule has 28 heavy (non-hydrogen) atoms. The number of carbonyl (C=O) groups excluding carboxylic acids is 2. The second kappa shape index (κ2) is 9.32.